The van der Waals surface area contributed by atoms with Crippen molar-refractivity contribution in [3.8, 4) is 5.75 Å². The summed E-state index contributed by atoms with van der Waals surface area (Å²) < 4.78 is 41.1. The number of hydrogen-bond donors (Lipinski definition) is 3. The molecule has 2 amide bonds. The van der Waals surface area contributed by atoms with Gasteiger partial charge in [0.25, 0.3) is 0 Å². The summed E-state index contributed by atoms with van der Waals surface area (Å²) in [6.07, 6.45) is 0. The van der Waals surface area contributed by atoms with Crippen LogP contribution in [0.15, 0.2) is 18.2 Å². The average molecular weight is 328 g/mol. The number of anilines is 1. The molecule has 0 heterocycles. The molecule has 0 aliphatic carbocycles. The van der Waals surface area contributed by atoms with Crippen LogP contribution in [0.5, 0.6) is 5.75 Å². The first-order valence-corrected chi connectivity index (χ1v) is 5.43. The molecule has 1 aromatic rings. The van der Waals surface area contributed by atoms with Gasteiger partial charge < -0.3 is 21.1 Å². The number of carbonyl (C=O) groups excluding carboxylic acids is 2. The molecule has 10 heteroatoms. The van der Waals surface area contributed by atoms with Crippen LogP contribution in [-0.4, -0.2) is 31.5 Å². The molecule has 4 N–H and O–H groups in total. The number of rotatable bonds is 6. The van der Waals surface area contributed by atoms with E-state index in [0.29, 0.717) is 0 Å². The Morgan fingerprint density at radius 3 is 2.48 bits per heavy atom. The number of amides is 2. The lowest BCUT2D eigenvalue weighted by atomic mass is 10.3. The SMILES string of the molecule is Cl.NCC(=O)NCC(=O)Nc1ccc(OC(F)F)c(F)c1. The summed E-state index contributed by atoms with van der Waals surface area (Å²) in [6, 6.07) is 2.96. The van der Waals surface area contributed by atoms with Crippen molar-refractivity contribution in [1.82, 2.24) is 5.32 Å². The smallest absolute Gasteiger partial charge is 0.387 e. The fraction of sp³-hybridized carbons (Fsp3) is 0.273. The molecule has 0 saturated heterocycles. The Morgan fingerprint density at radius 2 is 1.95 bits per heavy atom. The molecule has 0 radical (unpaired) electrons. The summed E-state index contributed by atoms with van der Waals surface area (Å²) in [5, 5.41) is 4.48. The molecular weight excluding hydrogens is 315 g/mol. The number of ether oxygens (including phenoxy) is 1. The van der Waals surface area contributed by atoms with Crippen molar-refractivity contribution in [2.24, 2.45) is 5.73 Å². The van der Waals surface area contributed by atoms with E-state index in [-0.39, 0.29) is 31.2 Å². The summed E-state index contributed by atoms with van der Waals surface area (Å²) in [4.78, 5) is 22.2. The van der Waals surface area contributed by atoms with Crippen molar-refractivity contribution in [3.05, 3.63) is 24.0 Å². The second kappa shape index (κ2) is 9.03. The molecule has 1 rings (SSSR count). The van der Waals surface area contributed by atoms with E-state index in [1.54, 1.807) is 0 Å². The topological polar surface area (TPSA) is 93.5 Å². The minimum absolute atomic E-state index is 0. The Morgan fingerprint density at radius 1 is 1.29 bits per heavy atom. The van der Waals surface area contributed by atoms with Gasteiger partial charge in [0.15, 0.2) is 11.6 Å². The van der Waals surface area contributed by atoms with E-state index in [9.17, 15) is 22.8 Å². The van der Waals surface area contributed by atoms with Gasteiger partial charge in [-0.05, 0) is 12.1 Å². The third kappa shape index (κ3) is 6.82. The summed E-state index contributed by atoms with van der Waals surface area (Å²) >= 11 is 0. The largest absolute Gasteiger partial charge is 0.432 e. The third-order valence-corrected chi connectivity index (χ3v) is 2.06. The van der Waals surface area contributed by atoms with Crippen molar-refractivity contribution < 1.29 is 27.5 Å². The first-order valence-electron chi connectivity index (χ1n) is 5.43. The van der Waals surface area contributed by atoms with E-state index in [4.69, 9.17) is 5.73 Å². The highest BCUT2D eigenvalue weighted by Gasteiger charge is 2.11. The molecule has 0 aromatic heterocycles. The number of benzene rings is 1. The average Bonchev–Trinajstić information content (AvgIpc) is 2.38. The van der Waals surface area contributed by atoms with Gasteiger partial charge in [0.05, 0.1) is 13.1 Å². The summed E-state index contributed by atoms with van der Waals surface area (Å²) in [7, 11) is 0. The van der Waals surface area contributed by atoms with Crippen molar-refractivity contribution in [3.63, 3.8) is 0 Å². The van der Waals surface area contributed by atoms with Gasteiger partial charge >= 0.3 is 6.61 Å². The van der Waals surface area contributed by atoms with Crippen molar-refractivity contribution in [2.75, 3.05) is 18.4 Å². The first kappa shape index (κ1) is 19.0. The zero-order chi connectivity index (χ0) is 15.1. The molecule has 0 aliphatic rings. The van der Waals surface area contributed by atoms with Crippen LogP contribution >= 0.6 is 12.4 Å². The molecule has 0 aliphatic heterocycles. The van der Waals surface area contributed by atoms with E-state index in [1.165, 1.54) is 6.07 Å². The quantitative estimate of drug-likeness (QED) is 0.722. The number of nitrogens with two attached hydrogens (primary N) is 1. The highest BCUT2D eigenvalue weighted by Crippen LogP contribution is 2.22. The van der Waals surface area contributed by atoms with Gasteiger partial charge in [0.1, 0.15) is 0 Å². The van der Waals surface area contributed by atoms with Crippen molar-refractivity contribution in [2.45, 2.75) is 6.61 Å². The Balaban J connectivity index is 0.00000400. The van der Waals surface area contributed by atoms with Crippen molar-refractivity contribution in [1.29, 1.82) is 0 Å². The van der Waals surface area contributed by atoms with Gasteiger partial charge in [0.2, 0.25) is 11.8 Å². The standard InChI is InChI=1S/C11H12F3N3O3.ClH/c12-7-3-6(1-2-8(7)20-11(13)14)17-10(19)5-16-9(18)4-15;/h1-3,11H,4-5,15H2,(H,16,18)(H,17,19);1H. The van der Waals surface area contributed by atoms with Crippen LogP contribution < -0.4 is 21.1 Å². The molecule has 21 heavy (non-hydrogen) atoms. The molecule has 0 spiro atoms. The maximum Gasteiger partial charge on any atom is 0.387 e. The lowest BCUT2D eigenvalue weighted by molar-refractivity contribution is -0.123. The molecular formula is C11H13ClF3N3O3. The Bertz CT molecular complexity index is 503. The minimum atomic E-state index is -3.14. The van der Waals surface area contributed by atoms with Crippen molar-refractivity contribution >= 4 is 29.9 Å². The predicted octanol–water partition coefficient (Wildman–Crippen LogP) is 0.862. The van der Waals surface area contributed by atoms with Crippen LogP contribution in [0.25, 0.3) is 0 Å². The van der Waals surface area contributed by atoms with Crippen LogP contribution in [0, 0.1) is 5.82 Å². The Hall–Kier alpha value is -2.00. The van der Waals surface area contributed by atoms with Crippen LogP contribution in [0.3, 0.4) is 0 Å². The van der Waals surface area contributed by atoms with Crippen LogP contribution in [0.4, 0.5) is 18.9 Å². The summed E-state index contributed by atoms with van der Waals surface area (Å²) in [5.74, 6) is -2.82. The lowest BCUT2D eigenvalue weighted by Crippen LogP contribution is -2.36. The van der Waals surface area contributed by atoms with Gasteiger partial charge in [-0.15, -0.1) is 12.4 Å². The molecule has 0 atom stereocenters. The van der Waals surface area contributed by atoms with Gasteiger partial charge in [-0.3, -0.25) is 9.59 Å². The van der Waals surface area contributed by atoms with Gasteiger partial charge in [-0.2, -0.15) is 8.78 Å². The Kier molecular flexibility index (Phi) is 8.17. The third-order valence-electron chi connectivity index (χ3n) is 2.06. The molecule has 0 saturated carbocycles. The minimum Gasteiger partial charge on any atom is -0.432 e. The van der Waals surface area contributed by atoms with E-state index in [0.717, 1.165) is 12.1 Å². The number of halogens is 4. The maximum atomic E-state index is 13.3. The summed E-state index contributed by atoms with van der Waals surface area (Å²) in [5.41, 5.74) is 5.06. The van der Waals surface area contributed by atoms with Crippen LogP contribution in [0.2, 0.25) is 0 Å². The van der Waals surface area contributed by atoms with E-state index >= 15 is 0 Å². The molecule has 0 fully saturated rings. The zero-order valence-corrected chi connectivity index (χ0v) is 11.4. The second-order valence-corrected chi connectivity index (χ2v) is 3.55. The fourth-order valence-electron chi connectivity index (χ4n) is 1.23. The van der Waals surface area contributed by atoms with Crippen LogP contribution in [-0.2, 0) is 9.59 Å². The predicted molar refractivity (Wildman–Crippen MR) is 71.0 cm³/mol. The van der Waals surface area contributed by atoms with E-state index < -0.39 is 30.0 Å². The summed E-state index contributed by atoms with van der Waals surface area (Å²) in [6.45, 7) is -3.74. The Labute approximate surface area is 124 Å². The van der Waals surface area contributed by atoms with E-state index in [2.05, 4.69) is 15.4 Å². The molecule has 0 unspecified atom stereocenters. The number of hydrogen-bond acceptors (Lipinski definition) is 4. The van der Waals surface area contributed by atoms with Crippen LogP contribution in [0.1, 0.15) is 0 Å². The highest BCUT2D eigenvalue weighted by molar-refractivity contribution is 5.94. The normalized spacial score (nSPS) is 9.76. The molecule has 6 nitrogen and oxygen atoms in total. The second-order valence-electron chi connectivity index (χ2n) is 3.55. The number of carbonyl (C=O) groups is 2. The lowest BCUT2D eigenvalue weighted by Gasteiger charge is -2.09. The highest BCUT2D eigenvalue weighted by atomic mass is 35.5. The maximum absolute atomic E-state index is 13.3. The van der Waals surface area contributed by atoms with Gasteiger partial charge in [-0.1, -0.05) is 0 Å². The monoisotopic (exact) mass is 327 g/mol. The fourth-order valence-corrected chi connectivity index (χ4v) is 1.23. The van der Waals surface area contributed by atoms with Gasteiger partial charge in [-0.25, -0.2) is 4.39 Å². The van der Waals surface area contributed by atoms with Gasteiger partial charge in [0, 0.05) is 11.8 Å². The number of nitrogens with one attached hydrogen (secondary N) is 2. The zero-order valence-electron chi connectivity index (χ0n) is 10.6. The molecule has 1 aromatic carbocycles. The number of alkyl halides is 2. The molecule has 118 valence electrons. The molecule has 0 bridgehead atoms. The van der Waals surface area contributed by atoms with E-state index in [1.807, 2.05) is 0 Å². The first-order chi connectivity index (χ1) is 9.42.